The number of carbonyl (C=O) groups excluding carboxylic acids is 1. The molecule has 0 bridgehead atoms. The van der Waals surface area contributed by atoms with Crippen molar-refractivity contribution in [2.24, 2.45) is 5.92 Å². The van der Waals surface area contributed by atoms with Gasteiger partial charge >= 0.3 is 0 Å². The van der Waals surface area contributed by atoms with Crippen LogP contribution in [-0.4, -0.2) is 25.4 Å². The van der Waals surface area contributed by atoms with Crippen molar-refractivity contribution in [1.82, 2.24) is 19.5 Å². The number of anilines is 1. The summed E-state index contributed by atoms with van der Waals surface area (Å²) in [7, 11) is 0. The van der Waals surface area contributed by atoms with E-state index in [4.69, 9.17) is 0 Å². The second kappa shape index (κ2) is 4.76. The molecular weight excluding hydrogens is 258 g/mol. The number of aromatic nitrogens is 4. The van der Waals surface area contributed by atoms with E-state index in [1.54, 1.807) is 10.9 Å². The molecule has 0 unspecified atom stereocenters. The molecule has 7 nitrogen and oxygen atoms in total. The van der Waals surface area contributed by atoms with E-state index in [9.17, 15) is 9.59 Å². The number of hydrogen-bond acceptors (Lipinski definition) is 4. The first kappa shape index (κ1) is 12.3. The van der Waals surface area contributed by atoms with Gasteiger partial charge in [-0.1, -0.05) is 24.3 Å². The van der Waals surface area contributed by atoms with Gasteiger partial charge < -0.3 is 4.57 Å². The highest BCUT2D eigenvalue weighted by Gasteiger charge is 2.13. The van der Waals surface area contributed by atoms with Gasteiger partial charge in [-0.3, -0.25) is 19.9 Å². The van der Waals surface area contributed by atoms with Gasteiger partial charge in [0.2, 0.25) is 11.9 Å². The standard InChI is InChI=1S/C13H13N5O2/c1-8(19)15-13-16-11-10(12(20)17-13)14-7-18(11)6-9-4-2-3-5-9/h2-5,7,9H,6H2,1H3,(H2,15,16,17,19,20). The van der Waals surface area contributed by atoms with E-state index in [-0.39, 0.29) is 28.8 Å². The van der Waals surface area contributed by atoms with Gasteiger partial charge in [0.05, 0.1) is 6.33 Å². The molecule has 102 valence electrons. The largest absolute Gasteiger partial charge is 0.314 e. The number of aromatic amines is 1. The number of rotatable bonds is 3. The molecular formula is C13H13N5O2. The Bertz CT molecular complexity index is 772. The average molecular weight is 271 g/mol. The van der Waals surface area contributed by atoms with Gasteiger partial charge in [0.1, 0.15) is 0 Å². The molecule has 1 amide bonds. The van der Waals surface area contributed by atoms with Crippen molar-refractivity contribution in [2.75, 3.05) is 5.32 Å². The predicted octanol–water partition coefficient (Wildman–Crippen LogP) is 0.820. The monoisotopic (exact) mass is 271 g/mol. The molecule has 0 spiro atoms. The molecule has 0 radical (unpaired) electrons. The molecule has 2 aromatic heterocycles. The van der Waals surface area contributed by atoms with E-state index >= 15 is 0 Å². The van der Waals surface area contributed by atoms with Crippen LogP contribution in [0.2, 0.25) is 0 Å². The van der Waals surface area contributed by atoms with Crippen LogP contribution in [0, 0.1) is 5.92 Å². The Labute approximate surface area is 114 Å². The fraction of sp³-hybridized carbons (Fsp3) is 0.231. The molecule has 20 heavy (non-hydrogen) atoms. The lowest BCUT2D eigenvalue weighted by Crippen LogP contribution is -2.17. The number of H-pyrrole nitrogens is 1. The molecule has 0 aromatic carbocycles. The van der Waals surface area contributed by atoms with Crippen LogP contribution in [0.4, 0.5) is 5.95 Å². The number of allylic oxidation sites excluding steroid dienone is 4. The molecule has 0 saturated carbocycles. The second-order valence-electron chi connectivity index (χ2n) is 4.60. The van der Waals surface area contributed by atoms with Crippen LogP contribution in [0.1, 0.15) is 6.92 Å². The summed E-state index contributed by atoms with van der Waals surface area (Å²) in [5.74, 6) is 0.104. The lowest BCUT2D eigenvalue weighted by Gasteiger charge is -2.07. The lowest BCUT2D eigenvalue weighted by atomic mass is 10.2. The first-order chi connectivity index (χ1) is 9.63. The highest BCUT2D eigenvalue weighted by molar-refractivity contribution is 5.87. The van der Waals surface area contributed by atoms with Gasteiger partial charge in [-0.05, 0) is 0 Å². The number of imidazole rings is 1. The summed E-state index contributed by atoms with van der Waals surface area (Å²) in [6.45, 7) is 2.01. The fourth-order valence-electron chi connectivity index (χ4n) is 2.14. The summed E-state index contributed by atoms with van der Waals surface area (Å²) < 4.78 is 1.81. The Morgan fingerprint density at radius 2 is 2.20 bits per heavy atom. The van der Waals surface area contributed by atoms with Crippen molar-refractivity contribution >= 4 is 23.0 Å². The number of fused-ring (bicyclic) bond motifs is 1. The zero-order chi connectivity index (χ0) is 14.1. The maximum absolute atomic E-state index is 11.9. The minimum Gasteiger partial charge on any atom is -0.314 e. The van der Waals surface area contributed by atoms with Crippen molar-refractivity contribution < 1.29 is 4.79 Å². The first-order valence-corrected chi connectivity index (χ1v) is 6.21. The number of hydrogen-bond donors (Lipinski definition) is 2. The zero-order valence-electron chi connectivity index (χ0n) is 10.8. The maximum atomic E-state index is 11.9. The third-order valence-electron chi connectivity index (χ3n) is 3.00. The minimum atomic E-state index is -0.366. The first-order valence-electron chi connectivity index (χ1n) is 6.21. The summed E-state index contributed by atoms with van der Waals surface area (Å²) in [6.07, 6.45) is 9.67. The van der Waals surface area contributed by atoms with Gasteiger partial charge in [-0.2, -0.15) is 4.98 Å². The molecule has 2 aromatic rings. The Kier molecular flexibility index (Phi) is 2.94. The summed E-state index contributed by atoms with van der Waals surface area (Å²) in [4.78, 5) is 33.7. The number of amides is 1. The molecule has 0 saturated heterocycles. The Morgan fingerprint density at radius 1 is 1.45 bits per heavy atom. The van der Waals surface area contributed by atoms with Crippen LogP contribution in [0.5, 0.6) is 0 Å². The maximum Gasteiger partial charge on any atom is 0.280 e. The van der Waals surface area contributed by atoms with Crippen LogP contribution in [0.3, 0.4) is 0 Å². The van der Waals surface area contributed by atoms with Gasteiger partial charge in [0.15, 0.2) is 11.2 Å². The summed E-state index contributed by atoms with van der Waals surface area (Å²) >= 11 is 0. The van der Waals surface area contributed by atoms with Crippen molar-refractivity contribution in [2.45, 2.75) is 13.5 Å². The van der Waals surface area contributed by atoms with Gasteiger partial charge in [0, 0.05) is 19.4 Å². The van der Waals surface area contributed by atoms with Crippen molar-refractivity contribution in [3.63, 3.8) is 0 Å². The molecule has 2 N–H and O–H groups in total. The van der Waals surface area contributed by atoms with E-state index in [0.29, 0.717) is 12.2 Å². The quantitative estimate of drug-likeness (QED) is 0.864. The SMILES string of the molecule is CC(=O)Nc1nc2c(ncn2CC2C=CC=C2)c(=O)[nH]1. The van der Waals surface area contributed by atoms with Crippen molar-refractivity contribution in [1.29, 1.82) is 0 Å². The number of nitrogens with one attached hydrogen (secondary N) is 2. The Morgan fingerprint density at radius 3 is 2.90 bits per heavy atom. The number of nitrogens with zero attached hydrogens (tertiary/aromatic N) is 3. The third-order valence-corrected chi connectivity index (χ3v) is 3.00. The van der Waals surface area contributed by atoms with Crippen molar-refractivity contribution in [3.05, 3.63) is 41.0 Å². The van der Waals surface area contributed by atoms with E-state index in [2.05, 4.69) is 32.4 Å². The van der Waals surface area contributed by atoms with Crippen LogP contribution < -0.4 is 10.9 Å². The van der Waals surface area contributed by atoms with E-state index < -0.39 is 0 Å². The van der Waals surface area contributed by atoms with Crippen LogP contribution >= 0.6 is 0 Å². The molecule has 3 rings (SSSR count). The fourth-order valence-corrected chi connectivity index (χ4v) is 2.14. The van der Waals surface area contributed by atoms with Crippen LogP contribution in [0.25, 0.3) is 11.2 Å². The van der Waals surface area contributed by atoms with E-state index in [1.807, 2.05) is 12.2 Å². The second-order valence-corrected chi connectivity index (χ2v) is 4.60. The highest BCUT2D eigenvalue weighted by atomic mass is 16.1. The average Bonchev–Trinajstić information content (AvgIpc) is 3.00. The Hall–Kier alpha value is -2.70. The third kappa shape index (κ3) is 2.25. The van der Waals surface area contributed by atoms with Gasteiger partial charge in [-0.25, -0.2) is 4.98 Å². The molecule has 0 atom stereocenters. The van der Waals surface area contributed by atoms with Crippen molar-refractivity contribution in [3.8, 4) is 0 Å². The Balaban J connectivity index is 2.02. The van der Waals surface area contributed by atoms with Gasteiger partial charge in [-0.15, -0.1) is 0 Å². The van der Waals surface area contributed by atoms with E-state index in [0.717, 1.165) is 0 Å². The minimum absolute atomic E-state index is 0.134. The lowest BCUT2D eigenvalue weighted by molar-refractivity contribution is -0.114. The topological polar surface area (TPSA) is 92.7 Å². The predicted molar refractivity (Wildman–Crippen MR) is 74.2 cm³/mol. The smallest absolute Gasteiger partial charge is 0.280 e. The molecule has 1 aliphatic carbocycles. The molecule has 1 aliphatic rings. The number of carbonyl (C=O) groups is 1. The molecule has 0 aliphatic heterocycles. The normalized spacial score (nSPS) is 14.2. The van der Waals surface area contributed by atoms with Crippen LogP contribution in [0.15, 0.2) is 35.4 Å². The van der Waals surface area contributed by atoms with E-state index in [1.165, 1.54) is 6.92 Å². The summed E-state index contributed by atoms with van der Waals surface area (Å²) in [5, 5.41) is 2.47. The highest BCUT2D eigenvalue weighted by Crippen LogP contribution is 2.15. The van der Waals surface area contributed by atoms with Crippen LogP contribution in [-0.2, 0) is 11.3 Å². The molecule has 7 heteroatoms. The summed E-state index contributed by atoms with van der Waals surface area (Å²) in [5.41, 5.74) is 0.367. The zero-order valence-corrected chi connectivity index (χ0v) is 10.8. The molecule has 0 fully saturated rings. The van der Waals surface area contributed by atoms with Gasteiger partial charge in [0.25, 0.3) is 5.56 Å². The molecule has 2 heterocycles. The summed E-state index contributed by atoms with van der Waals surface area (Å²) in [6, 6.07) is 0.